The molecule has 0 spiro atoms. The minimum atomic E-state index is 0.535. The van der Waals surface area contributed by atoms with Gasteiger partial charge in [-0.25, -0.2) is 0 Å². The second-order valence-electron chi connectivity index (χ2n) is 3.33. The summed E-state index contributed by atoms with van der Waals surface area (Å²) >= 11 is 0. The second-order valence-corrected chi connectivity index (χ2v) is 3.33. The average Bonchev–Trinajstić information content (AvgIpc) is 2.54. The first kappa shape index (κ1) is 7.45. The van der Waals surface area contributed by atoms with Crippen molar-refractivity contribution in [3.8, 4) is 0 Å². The highest BCUT2D eigenvalue weighted by atomic mass is 14.9. The Morgan fingerprint density at radius 3 is 3.00 bits per heavy atom. The van der Waals surface area contributed by atoms with Gasteiger partial charge in [0.15, 0.2) is 0 Å². The van der Waals surface area contributed by atoms with Crippen molar-refractivity contribution in [2.45, 2.75) is 13.3 Å². The van der Waals surface area contributed by atoms with E-state index in [0.717, 1.165) is 13.0 Å². The third-order valence-corrected chi connectivity index (χ3v) is 2.24. The van der Waals surface area contributed by atoms with Gasteiger partial charge in [0, 0.05) is 12.5 Å². The Hall–Kier alpha value is -1.20. The van der Waals surface area contributed by atoms with E-state index in [2.05, 4.69) is 42.3 Å². The van der Waals surface area contributed by atoms with E-state index in [-0.39, 0.29) is 0 Å². The van der Waals surface area contributed by atoms with Gasteiger partial charge in [-0.2, -0.15) is 0 Å². The second kappa shape index (κ2) is 3.04. The Morgan fingerprint density at radius 1 is 1.50 bits per heavy atom. The molecule has 1 aliphatic heterocycles. The fourth-order valence-electron chi connectivity index (χ4n) is 1.56. The van der Waals surface area contributed by atoms with Crippen molar-refractivity contribution in [3.05, 3.63) is 41.3 Å². The molecule has 12 heavy (non-hydrogen) atoms. The van der Waals surface area contributed by atoms with Gasteiger partial charge < -0.3 is 5.32 Å². The number of allylic oxidation sites excluding steroid dienone is 3. The molecular formula is C11H13N. The highest BCUT2D eigenvalue weighted by Crippen LogP contribution is 2.20. The lowest BCUT2D eigenvalue weighted by Gasteiger charge is -2.13. The average molecular weight is 159 g/mol. The molecule has 1 unspecified atom stereocenters. The molecule has 0 radical (unpaired) electrons. The molecule has 2 aliphatic rings. The smallest absolute Gasteiger partial charge is 0.0613 e. The van der Waals surface area contributed by atoms with Crippen LogP contribution >= 0.6 is 0 Å². The van der Waals surface area contributed by atoms with Crippen molar-refractivity contribution in [3.63, 3.8) is 0 Å². The van der Waals surface area contributed by atoms with Gasteiger partial charge in [-0.3, -0.25) is 0 Å². The standard InChI is InChI=1S/C11H13N/c1-9-7-11(12-8-9)10-5-3-2-4-6-10/h2-5,10,12H,6,8H2,1H3. The number of hydrogen-bond acceptors (Lipinski definition) is 1. The summed E-state index contributed by atoms with van der Waals surface area (Å²) in [4.78, 5) is 0. The molecule has 0 saturated carbocycles. The molecule has 1 heteroatoms. The molecule has 1 N–H and O–H groups in total. The summed E-state index contributed by atoms with van der Waals surface area (Å²) < 4.78 is 0. The molecule has 1 nitrogen and oxygen atoms in total. The van der Waals surface area contributed by atoms with Crippen LogP contribution in [0.15, 0.2) is 41.3 Å². The third kappa shape index (κ3) is 1.37. The van der Waals surface area contributed by atoms with Crippen LogP contribution in [0, 0.1) is 5.92 Å². The quantitative estimate of drug-likeness (QED) is 0.578. The Labute approximate surface area is 73.2 Å². The van der Waals surface area contributed by atoms with Gasteiger partial charge in [0.2, 0.25) is 0 Å². The predicted octanol–water partition coefficient (Wildman–Crippen LogP) is 2.15. The van der Waals surface area contributed by atoms with E-state index in [1.165, 1.54) is 11.3 Å². The van der Waals surface area contributed by atoms with Crippen LogP contribution in [0.2, 0.25) is 0 Å². The fraction of sp³-hybridized carbons (Fsp3) is 0.364. The predicted molar refractivity (Wildman–Crippen MR) is 50.6 cm³/mol. The van der Waals surface area contributed by atoms with E-state index in [9.17, 15) is 0 Å². The van der Waals surface area contributed by atoms with Crippen molar-refractivity contribution in [1.29, 1.82) is 0 Å². The maximum absolute atomic E-state index is 3.36. The zero-order valence-electron chi connectivity index (χ0n) is 7.30. The Balaban J connectivity index is 2.16. The first-order chi connectivity index (χ1) is 5.86. The maximum Gasteiger partial charge on any atom is 0.0613 e. The fourth-order valence-corrected chi connectivity index (χ4v) is 1.56. The van der Waals surface area contributed by atoms with E-state index < -0.39 is 0 Å². The molecule has 0 aromatic carbocycles. The molecule has 0 aromatic heterocycles. The SMILES string of the molecule is CC1=C=C(C2C=CC=CC2)NC1. The zero-order chi connectivity index (χ0) is 8.39. The molecule has 0 aromatic rings. The largest absolute Gasteiger partial charge is 0.377 e. The van der Waals surface area contributed by atoms with Crippen LogP contribution in [0.3, 0.4) is 0 Å². The molecule has 62 valence electrons. The summed E-state index contributed by atoms with van der Waals surface area (Å²) in [6.45, 7) is 3.09. The Morgan fingerprint density at radius 2 is 2.42 bits per heavy atom. The van der Waals surface area contributed by atoms with Gasteiger partial charge in [-0.15, -0.1) is 0 Å². The summed E-state index contributed by atoms with van der Waals surface area (Å²) in [6.07, 6.45) is 9.75. The van der Waals surface area contributed by atoms with Crippen molar-refractivity contribution < 1.29 is 0 Å². The van der Waals surface area contributed by atoms with Gasteiger partial charge in [0.05, 0.1) is 5.70 Å². The van der Waals surface area contributed by atoms with Gasteiger partial charge in [0.25, 0.3) is 0 Å². The number of rotatable bonds is 1. The topological polar surface area (TPSA) is 12.0 Å². The zero-order valence-corrected chi connectivity index (χ0v) is 7.30. The van der Waals surface area contributed by atoms with Crippen LogP contribution in [0.4, 0.5) is 0 Å². The normalized spacial score (nSPS) is 26.6. The minimum Gasteiger partial charge on any atom is -0.377 e. The van der Waals surface area contributed by atoms with Crippen LogP contribution in [0.1, 0.15) is 13.3 Å². The summed E-state index contributed by atoms with van der Waals surface area (Å²) in [5.74, 6) is 0.535. The Kier molecular flexibility index (Phi) is 1.89. The van der Waals surface area contributed by atoms with Crippen molar-refractivity contribution in [2.75, 3.05) is 6.54 Å². The lowest BCUT2D eigenvalue weighted by Crippen LogP contribution is -2.16. The van der Waals surface area contributed by atoms with Crippen LogP contribution in [0.5, 0.6) is 0 Å². The van der Waals surface area contributed by atoms with Gasteiger partial charge in [-0.05, 0) is 18.9 Å². The maximum atomic E-state index is 3.36. The highest BCUT2D eigenvalue weighted by Gasteiger charge is 2.13. The van der Waals surface area contributed by atoms with Crippen molar-refractivity contribution >= 4 is 0 Å². The van der Waals surface area contributed by atoms with Crippen LogP contribution in [-0.4, -0.2) is 6.54 Å². The van der Waals surface area contributed by atoms with Crippen LogP contribution in [-0.2, 0) is 0 Å². The molecule has 0 saturated heterocycles. The van der Waals surface area contributed by atoms with Gasteiger partial charge >= 0.3 is 0 Å². The number of nitrogens with one attached hydrogen (secondary N) is 1. The Bertz CT molecular complexity index is 301. The molecule has 2 rings (SSSR count). The molecule has 0 bridgehead atoms. The summed E-state index contributed by atoms with van der Waals surface area (Å²) in [5, 5.41) is 3.36. The van der Waals surface area contributed by atoms with Crippen LogP contribution in [0.25, 0.3) is 0 Å². The van der Waals surface area contributed by atoms with E-state index in [1.807, 2.05) is 0 Å². The van der Waals surface area contributed by atoms with Crippen molar-refractivity contribution in [2.24, 2.45) is 5.92 Å². The molecule has 1 atom stereocenters. The molecule has 1 aliphatic carbocycles. The molecule has 0 fully saturated rings. The highest BCUT2D eigenvalue weighted by molar-refractivity contribution is 5.25. The van der Waals surface area contributed by atoms with E-state index in [1.54, 1.807) is 0 Å². The first-order valence-electron chi connectivity index (χ1n) is 4.40. The van der Waals surface area contributed by atoms with E-state index in [4.69, 9.17) is 0 Å². The summed E-state index contributed by atoms with van der Waals surface area (Å²) in [6, 6.07) is 0. The minimum absolute atomic E-state index is 0.535. The summed E-state index contributed by atoms with van der Waals surface area (Å²) in [5.41, 5.74) is 5.93. The molecule has 1 heterocycles. The lowest BCUT2D eigenvalue weighted by molar-refractivity contribution is 0.695. The third-order valence-electron chi connectivity index (χ3n) is 2.24. The number of hydrogen-bond donors (Lipinski definition) is 1. The van der Waals surface area contributed by atoms with Gasteiger partial charge in [0.1, 0.15) is 0 Å². The van der Waals surface area contributed by atoms with E-state index in [0.29, 0.717) is 5.92 Å². The first-order valence-corrected chi connectivity index (χ1v) is 4.40. The molecular weight excluding hydrogens is 146 g/mol. The van der Waals surface area contributed by atoms with Crippen LogP contribution < -0.4 is 5.32 Å². The van der Waals surface area contributed by atoms with E-state index >= 15 is 0 Å². The van der Waals surface area contributed by atoms with Crippen molar-refractivity contribution in [1.82, 2.24) is 5.32 Å². The molecule has 0 amide bonds. The summed E-state index contributed by atoms with van der Waals surface area (Å²) in [7, 11) is 0. The lowest BCUT2D eigenvalue weighted by atomic mass is 9.98. The monoisotopic (exact) mass is 159 g/mol. The van der Waals surface area contributed by atoms with Gasteiger partial charge in [-0.1, -0.05) is 30.0 Å².